The Bertz CT molecular complexity index is 574. The fraction of sp³-hybridized carbons (Fsp3) is 0.200. The lowest BCUT2D eigenvalue weighted by atomic mass is 10.1. The highest BCUT2D eigenvalue weighted by Gasteiger charge is 2.34. The van der Waals surface area contributed by atoms with Gasteiger partial charge in [0, 0.05) is 18.6 Å². The fourth-order valence-electron chi connectivity index (χ4n) is 1.61. The molecule has 0 unspecified atom stereocenters. The zero-order chi connectivity index (χ0) is 12.6. The molecule has 0 aliphatic rings. The number of aromatic nitrogens is 2. The molecule has 2 rings (SSSR count). The highest BCUT2D eigenvalue weighted by molar-refractivity contribution is 5.87. The molecule has 0 atom stereocenters. The first kappa shape index (κ1) is 11.4. The summed E-state index contributed by atoms with van der Waals surface area (Å²) in [7, 11) is 1.61. The second-order valence-electron chi connectivity index (χ2n) is 3.52. The molecule has 1 amide bonds. The van der Waals surface area contributed by atoms with Gasteiger partial charge in [0.1, 0.15) is 0 Å². The summed E-state index contributed by atoms with van der Waals surface area (Å²) in [5.74, 6) is 0. The molecule has 0 saturated carbocycles. The zero-order valence-electron chi connectivity index (χ0n) is 8.75. The summed E-state index contributed by atoms with van der Waals surface area (Å²) in [6.45, 7) is 0. The maximum absolute atomic E-state index is 12.7. The van der Waals surface area contributed by atoms with E-state index in [9.17, 15) is 18.0 Å². The molecule has 17 heavy (non-hydrogen) atoms. The van der Waals surface area contributed by atoms with E-state index in [4.69, 9.17) is 0 Å². The van der Waals surface area contributed by atoms with Gasteiger partial charge in [0.25, 0.3) is 0 Å². The number of carbonyl (C=O) groups excluding carboxylic acids is 1. The Hall–Kier alpha value is -2.05. The van der Waals surface area contributed by atoms with E-state index in [2.05, 4.69) is 5.10 Å². The first-order chi connectivity index (χ1) is 7.91. The van der Waals surface area contributed by atoms with E-state index < -0.39 is 11.7 Å². The second-order valence-corrected chi connectivity index (χ2v) is 3.52. The van der Waals surface area contributed by atoms with Crippen LogP contribution in [0.3, 0.4) is 0 Å². The van der Waals surface area contributed by atoms with E-state index in [0.29, 0.717) is 5.39 Å². The SMILES string of the molecule is Cn1cc2cc(NC=O)c(C(F)(F)F)cc2n1. The molecule has 0 aliphatic heterocycles. The lowest BCUT2D eigenvalue weighted by molar-refractivity contribution is -0.136. The van der Waals surface area contributed by atoms with Crippen molar-refractivity contribution in [2.24, 2.45) is 7.05 Å². The molecule has 1 heterocycles. The molecular formula is C10H8F3N3O. The van der Waals surface area contributed by atoms with Crippen molar-refractivity contribution >= 4 is 23.0 Å². The molecule has 0 saturated heterocycles. The summed E-state index contributed by atoms with van der Waals surface area (Å²) in [5, 5.41) is 6.47. The maximum Gasteiger partial charge on any atom is 0.418 e. The number of nitrogens with zero attached hydrogens (tertiary/aromatic N) is 2. The first-order valence-electron chi connectivity index (χ1n) is 4.66. The third kappa shape index (κ3) is 2.08. The van der Waals surface area contributed by atoms with Crippen LogP contribution in [-0.2, 0) is 18.0 Å². The van der Waals surface area contributed by atoms with E-state index >= 15 is 0 Å². The quantitative estimate of drug-likeness (QED) is 0.821. The number of aryl methyl sites for hydroxylation is 1. The summed E-state index contributed by atoms with van der Waals surface area (Å²) in [6, 6.07) is 2.17. The van der Waals surface area contributed by atoms with Crippen molar-refractivity contribution < 1.29 is 18.0 Å². The molecule has 0 bridgehead atoms. The van der Waals surface area contributed by atoms with Gasteiger partial charge in [-0.15, -0.1) is 0 Å². The van der Waals surface area contributed by atoms with Gasteiger partial charge in [-0.05, 0) is 12.1 Å². The molecule has 1 N–H and O–H groups in total. The summed E-state index contributed by atoms with van der Waals surface area (Å²) in [6.07, 6.45) is -2.74. The molecular weight excluding hydrogens is 235 g/mol. The number of alkyl halides is 3. The first-order valence-corrected chi connectivity index (χ1v) is 4.66. The molecule has 0 fully saturated rings. The number of rotatable bonds is 2. The van der Waals surface area contributed by atoms with Gasteiger partial charge in [-0.1, -0.05) is 0 Å². The number of hydrogen-bond acceptors (Lipinski definition) is 2. The maximum atomic E-state index is 12.7. The monoisotopic (exact) mass is 243 g/mol. The number of amides is 1. The Morgan fingerprint density at radius 3 is 2.71 bits per heavy atom. The van der Waals surface area contributed by atoms with Crippen LogP contribution in [0.2, 0.25) is 0 Å². The third-order valence-corrected chi connectivity index (χ3v) is 2.28. The minimum absolute atomic E-state index is 0.215. The van der Waals surface area contributed by atoms with Gasteiger partial charge in [0.2, 0.25) is 6.41 Å². The van der Waals surface area contributed by atoms with Crippen LogP contribution in [-0.4, -0.2) is 16.2 Å². The van der Waals surface area contributed by atoms with Crippen LogP contribution in [0.25, 0.3) is 10.9 Å². The van der Waals surface area contributed by atoms with E-state index in [1.54, 1.807) is 13.2 Å². The molecule has 0 aliphatic carbocycles. The second kappa shape index (κ2) is 3.76. The number of carbonyl (C=O) groups is 1. The van der Waals surface area contributed by atoms with E-state index in [1.165, 1.54) is 10.7 Å². The van der Waals surface area contributed by atoms with Gasteiger partial charge >= 0.3 is 6.18 Å². The van der Waals surface area contributed by atoms with Crippen molar-refractivity contribution in [3.8, 4) is 0 Å². The van der Waals surface area contributed by atoms with Crippen LogP contribution in [0.15, 0.2) is 18.3 Å². The van der Waals surface area contributed by atoms with Crippen molar-refractivity contribution in [1.29, 1.82) is 0 Å². The van der Waals surface area contributed by atoms with Crippen molar-refractivity contribution in [1.82, 2.24) is 9.78 Å². The Kier molecular flexibility index (Phi) is 2.53. The number of nitrogens with one attached hydrogen (secondary N) is 1. The van der Waals surface area contributed by atoms with E-state index in [-0.39, 0.29) is 17.6 Å². The fourth-order valence-corrected chi connectivity index (χ4v) is 1.61. The molecule has 90 valence electrons. The van der Waals surface area contributed by atoms with Gasteiger partial charge in [0.05, 0.1) is 16.8 Å². The Labute approximate surface area is 94.0 Å². The molecule has 0 spiro atoms. The molecule has 2 aromatic rings. The zero-order valence-corrected chi connectivity index (χ0v) is 8.75. The lowest BCUT2D eigenvalue weighted by Crippen LogP contribution is -2.09. The van der Waals surface area contributed by atoms with Crippen molar-refractivity contribution in [3.05, 3.63) is 23.9 Å². The van der Waals surface area contributed by atoms with Crippen LogP contribution in [0.5, 0.6) is 0 Å². The molecule has 0 radical (unpaired) electrons. The van der Waals surface area contributed by atoms with E-state index in [0.717, 1.165) is 6.07 Å². The van der Waals surface area contributed by atoms with Gasteiger partial charge in [0.15, 0.2) is 0 Å². The minimum atomic E-state index is -4.53. The van der Waals surface area contributed by atoms with Gasteiger partial charge in [-0.25, -0.2) is 0 Å². The highest BCUT2D eigenvalue weighted by Crippen LogP contribution is 2.36. The number of hydrogen-bond donors (Lipinski definition) is 1. The molecule has 7 heteroatoms. The molecule has 1 aromatic heterocycles. The standard InChI is InChI=1S/C10H8F3N3O/c1-16-4-6-2-9(14-5-17)7(10(11,12)13)3-8(6)15-16/h2-5H,1H3,(H,14,17). The predicted molar refractivity (Wildman–Crippen MR) is 55.4 cm³/mol. The number of halogens is 3. The van der Waals surface area contributed by atoms with Crippen LogP contribution < -0.4 is 5.32 Å². The Balaban J connectivity index is 2.69. The van der Waals surface area contributed by atoms with Crippen LogP contribution in [0.1, 0.15) is 5.56 Å². The van der Waals surface area contributed by atoms with Crippen molar-refractivity contribution in [2.75, 3.05) is 5.32 Å². The van der Waals surface area contributed by atoms with Crippen LogP contribution in [0.4, 0.5) is 18.9 Å². The summed E-state index contributed by atoms with van der Waals surface area (Å²) in [4.78, 5) is 10.3. The largest absolute Gasteiger partial charge is 0.418 e. The van der Waals surface area contributed by atoms with Crippen LogP contribution >= 0.6 is 0 Å². The molecule has 1 aromatic carbocycles. The summed E-state index contributed by atoms with van der Waals surface area (Å²) >= 11 is 0. The minimum Gasteiger partial charge on any atom is -0.328 e. The van der Waals surface area contributed by atoms with E-state index in [1.807, 2.05) is 5.32 Å². The third-order valence-electron chi connectivity index (χ3n) is 2.28. The number of anilines is 1. The average Bonchev–Trinajstić information content (AvgIpc) is 2.55. The number of benzene rings is 1. The summed E-state index contributed by atoms with van der Waals surface area (Å²) in [5.41, 5.74) is -0.944. The van der Waals surface area contributed by atoms with Crippen LogP contribution in [0, 0.1) is 0 Å². The number of fused-ring (bicyclic) bond motifs is 1. The van der Waals surface area contributed by atoms with Crippen molar-refractivity contribution in [3.63, 3.8) is 0 Å². The average molecular weight is 243 g/mol. The predicted octanol–water partition coefficient (Wildman–Crippen LogP) is 2.16. The lowest BCUT2D eigenvalue weighted by Gasteiger charge is -2.11. The topological polar surface area (TPSA) is 46.9 Å². The highest BCUT2D eigenvalue weighted by atomic mass is 19.4. The normalized spacial score (nSPS) is 11.8. The Morgan fingerprint density at radius 1 is 1.41 bits per heavy atom. The van der Waals surface area contributed by atoms with Crippen molar-refractivity contribution in [2.45, 2.75) is 6.18 Å². The van der Waals surface area contributed by atoms with Gasteiger partial charge < -0.3 is 5.32 Å². The smallest absolute Gasteiger partial charge is 0.328 e. The Morgan fingerprint density at radius 2 is 2.12 bits per heavy atom. The summed E-state index contributed by atoms with van der Waals surface area (Å²) < 4.78 is 39.6. The van der Waals surface area contributed by atoms with Gasteiger partial charge in [-0.3, -0.25) is 9.48 Å². The van der Waals surface area contributed by atoms with Gasteiger partial charge in [-0.2, -0.15) is 18.3 Å². The molecule has 4 nitrogen and oxygen atoms in total.